The van der Waals surface area contributed by atoms with E-state index in [2.05, 4.69) is 5.32 Å². The van der Waals surface area contributed by atoms with Crippen molar-refractivity contribution in [2.45, 2.75) is 20.1 Å². The van der Waals surface area contributed by atoms with Gasteiger partial charge in [0.25, 0.3) is 0 Å². The van der Waals surface area contributed by atoms with Gasteiger partial charge in [-0.25, -0.2) is 4.39 Å². The summed E-state index contributed by atoms with van der Waals surface area (Å²) >= 11 is 6.12. The third-order valence-corrected chi connectivity index (χ3v) is 3.32. The molecular formula is C16H17ClFNO. The first-order valence-electron chi connectivity index (χ1n) is 6.41. The molecule has 2 nitrogen and oxygen atoms in total. The smallest absolute Gasteiger partial charge is 0.165 e. The zero-order valence-corrected chi connectivity index (χ0v) is 12.3. The van der Waals surface area contributed by atoms with Crippen molar-refractivity contribution in [3.63, 3.8) is 0 Å². The van der Waals surface area contributed by atoms with Crippen LogP contribution in [-0.2, 0) is 13.2 Å². The molecule has 0 aromatic heterocycles. The maximum absolute atomic E-state index is 13.9. The minimum atomic E-state index is -0.360. The van der Waals surface area contributed by atoms with Gasteiger partial charge in [0.1, 0.15) is 6.61 Å². The van der Waals surface area contributed by atoms with E-state index in [0.29, 0.717) is 11.6 Å². The van der Waals surface area contributed by atoms with Crippen molar-refractivity contribution in [1.82, 2.24) is 5.32 Å². The Morgan fingerprint density at radius 1 is 1.20 bits per heavy atom. The first kappa shape index (κ1) is 14.8. The third kappa shape index (κ3) is 3.71. The van der Waals surface area contributed by atoms with Gasteiger partial charge in [0.2, 0.25) is 0 Å². The maximum Gasteiger partial charge on any atom is 0.165 e. The van der Waals surface area contributed by atoms with E-state index in [4.69, 9.17) is 16.3 Å². The molecule has 0 saturated heterocycles. The first-order chi connectivity index (χ1) is 9.60. The lowest BCUT2D eigenvalue weighted by Crippen LogP contribution is -2.05. The Hall–Kier alpha value is -1.58. The molecule has 0 saturated carbocycles. The molecule has 0 amide bonds. The highest BCUT2D eigenvalue weighted by molar-refractivity contribution is 6.31. The standard InChI is InChI=1S/C16H17ClFNO/c1-11-3-5-13(14(17)7-11)10-20-16-6-4-12(9-19-2)8-15(16)18/h3-8,19H,9-10H2,1-2H3. The Morgan fingerprint density at radius 2 is 2.00 bits per heavy atom. The molecule has 0 heterocycles. The fourth-order valence-corrected chi connectivity index (χ4v) is 2.19. The lowest BCUT2D eigenvalue weighted by Gasteiger charge is -2.10. The summed E-state index contributed by atoms with van der Waals surface area (Å²) in [6.45, 7) is 2.85. The third-order valence-electron chi connectivity index (χ3n) is 2.97. The Morgan fingerprint density at radius 3 is 2.65 bits per heavy atom. The normalized spacial score (nSPS) is 10.6. The molecule has 20 heavy (non-hydrogen) atoms. The van der Waals surface area contributed by atoms with Gasteiger partial charge in [0, 0.05) is 17.1 Å². The van der Waals surface area contributed by atoms with Gasteiger partial charge in [0.15, 0.2) is 11.6 Å². The molecular weight excluding hydrogens is 277 g/mol. The number of aryl methyl sites for hydroxylation is 1. The molecule has 1 N–H and O–H groups in total. The van der Waals surface area contributed by atoms with Crippen LogP contribution < -0.4 is 10.1 Å². The monoisotopic (exact) mass is 293 g/mol. The number of nitrogens with one attached hydrogen (secondary N) is 1. The average molecular weight is 294 g/mol. The molecule has 0 fully saturated rings. The van der Waals surface area contributed by atoms with E-state index in [9.17, 15) is 4.39 Å². The SMILES string of the molecule is CNCc1ccc(OCc2ccc(C)cc2Cl)c(F)c1. The molecule has 0 atom stereocenters. The molecule has 0 bridgehead atoms. The quantitative estimate of drug-likeness (QED) is 0.896. The summed E-state index contributed by atoms with van der Waals surface area (Å²) in [7, 11) is 1.82. The lowest BCUT2D eigenvalue weighted by molar-refractivity contribution is 0.290. The predicted molar refractivity (Wildman–Crippen MR) is 79.7 cm³/mol. The predicted octanol–water partition coefficient (Wildman–Crippen LogP) is 4.09. The summed E-state index contributed by atoms with van der Waals surface area (Å²) in [5, 5.41) is 3.61. The van der Waals surface area contributed by atoms with Gasteiger partial charge in [-0.2, -0.15) is 0 Å². The molecule has 0 unspecified atom stereocenters. The second-order valence-electron chi connectivity index (χ2n) is 4.68. The fraction of sp³-hybridized carbons (Fsp3) is 0.250. The minimum Gasteiger partial charge on any atom is -0.486 e. The molecule has 0 spiro atoms. The van der Waals surface area contributed by atoms with E-state index in [1.807, 2.05) is 38.2 Å². The van der Waals surface area contributed by atoms with Crippen LogP contribution in [0.3, 0.4) is 0 Å². The second-order valence-corrected chi connectivity index (χ2v) is 5.09. The zero-order valence-electron chi connectivity index (χ0n) is 11.5. The van der Waals surface area contributed by atoms with E-state index in [0.717, 1.165) is 16.7 Å². The van der Waals surface area contributed by atoms with Crippen molar-refractivity contribution < 1.29 is 9.13 Å². The highest BCUT2D eigenvalue weighted by atomic mass is 35.5. The second kappa shape index (κ2) is 6.73. The van der Waals surface area contributed by atoms with E-state index in [1.165, 1.54) is 6.07 Å². The number of hydrogen-bond donors (Lipinski definition) is 1. The molecule has 0 aliphatic carbocycles. The van der Waals surface area contributed by atoms with Crippen LogP contribution in [0.2, 0.25) is 5.02 Å². The van der Waals surface area contributed by atoms with Crippen LogP contribution in [0.5, 0.6) is 5.75 Å². The Labute approximate surface area is 123 Å². The zero-order chi connectivity index (χ0) is 14.5. The highest BCUT2D eigenvalue weighted by Crippen LogP contribution is 2.22. The molecule has 2 rings (SSSR count). The van der Waals surface area contributed by atoms with E-state index in [1.54, 1.807) is 6.07 Å². The van der Waals surface area contributed by atoms with Crippen molar-refractivity contribution in [3.05, 3.63) is 63.9 Å². The average Bonchev–Trinajstić information content (AvgIpc) is 2.40. The van der Waals surface area contributed by atoms with Crippen molar-refractivity contribution in [3.8, 4) is 5.75 Å². The van der Waals surface area contributed by atoms with Gasteiger partial charge in [-0.1, -0.05) is 29.8 Å². The van der Waals surface area contributed by atoms with Crippen molar-refractivity contribution in [1.29, 1.82) is 0 Å². The van der Waals surface area contributed by atoms with E-state index < -0.39 is 0 Å². The van der Waals surface area contributed by atoms with Crippen LogP contribution in [-0.4, -0.2) is 7.05 Å². The molecule has 0 aliphatic heterocycles. The van der Waals surface area contributed by atoms with Gasteiger partial charge in [0.05, 0.1) is 0 Å². The molecule has 0 aliphatic rings. The van der Waals surface area contributed by atoms with Crippen LogP contribution in [0, 0.1) is 12.7 Å². The maximum atomic E-state index is 13.9. The van der Waals surface area contributed by atoms with Crippen LogP contribution in [0.25, 0.3) is 0 Å². The van der Waals surface area contributed by atoms with Crippen molar-refractivity contribution in [2.75, 3.05) is 7.05 Å². The number of hydrogen-bond acceptors (Lipinski definition) is 2. The van der Waals surface area contributed by atoms with Crippen molar-refractivity contribution in [2.24, 2.45) is 0 Å². The summed E-state index contributed by atoms with van der Waals surface area (Å²) in [5.41, 5.74) is 2.81. The Kier molecular flexibility index (Phi) is 4.99. The van der Waals surface area contributed by atoms with Crippen LogP contribution in [0.1, 0.15) is 16.7 Å². The lowest BCUT2D eigenvalue weighted by atomic mass is 10.1. The van der Waals surface area contributed by atoms with Gasteiger partial charge >= 0.3 is 0 Å². The number of rotatable bonds is 5. The summed E-state index contributed by atoms with van der Waals surface area (Å²) in [5.74, 6) is -0.123. The summed E-state index contributed by atoms with van der Waals surface area (Å²) in [6, 6.07) is 10.7. The molecule has 2 aromatic rings. The number of benzene rings is 2. The highest BCUT2D eigenvalue weighted by Gasteiger charge is 2.07. The van der Waals surface area contributed by atoms with E-state index in [-0.39, 0.29) is 18.2 Å². The van der Waals surface area contributed by atoms with Gasteiger partial charge in [-0.05, 0) is 43.3 Å². The van der Waals surface area contributed by atoms with Gasteiger partial charge < -0.3 is 10.1 Å². The number of ether oxygens (including phenoxy) is 1. The van der Waals surface area contributed by atoms with Crippen LogP contribution in [0.15, 0.2) is 36.4 Å². The van der Waals surface area contributed by atoms with Crippen molar-refractivity contribution >= 4 is 11.6 Å². The summed E-state index contributed by atoms with van der Waals surface area (Å²) < 4.78 is 19.4. The minimum absolute atomic E-state index is 0.237. The van der Waals surface area contributed by atoms with E-state index >= 15 is 0 Å². The van der Waals surface area contributed by atoms with Crippen LogP contribution >= 0.6 is 11.6 Å². The summed E-state index contributed by atoms with van der Waals surface area (Å²) in [6.07, 6.45) is 0. The molecule has 0 radical (unpaired) electrons. The Bertz CT molecular complexity index is 601. The topological polar surface area (TPSA) is 21.3 Å². The largest absolute Gasteiger partial charge is 0.486 e. The van der Waals surface area contributed by atoms with Gasteiger partial charge in [-0.15, -0.1) is 0 Å². The summed E-state index contributed by atoms with van der Waals surface area (Å²) in [4.78, 5) is 0. The number of halogens is 2. The van der Waals surface area contributed by atoms with Gasteiger partial charge in [-0.3, -0.25) is 0 Å². The molecule has 106 valence electrons. The molecule has 2 aromatic carbocycles. The first-order valence-corrected chi connectivity index (χ1v) is 6.79. The fourth-order valence-electron chi connectivity index (χ4n) is 1.90. The molecule has 4 heteroatoms. The Balaban J connectivity index is 2.07. The van der Waals surface area contributed by atoms with Crippen LogP contribution in [0.4, 0.5) is 4.39 Å².